The van der Waals surface area contributed by atoms with Crippen LogP contribution in [0.3, 0.4) is 0 Å². The molecule has 0 heterocycles. The third-order valence-electron chi connectivity index (χ3n) is 8.62. The molecule has 0 spiro atoms. The van der Waals surface area contributed by atoms with Crippen LogP contribution in [0, 0.1) is 40.4 Å². The predicted molar refractivity (Wildman–Crippen MR) is 83.7 cm³/mol. The Bertz CT molecular complexity index is 422. The van der Waals surface area contributed by atoms with E-state index in [4.69, 9.17) is 0 Å². The van der Waals surface area contributed by atoms with Gasteiger partial charge in [-0.3, -0.25) is 0 Å². The van der Waals surface area contributed by atoms with Crippen molar-refractivity contribution < 1.29 is 10.2 Å². The van der Waals surface area contributed by atoms with Crippen LogP contribution >= 0.6 is 0 Å². The first-order valence-electron chi connectivity index (χ1n) is 9.28. The lowest BCUT2D eigenvalue weighted by molar-refractivity contribution is -0.0998. The highest BCUT2D eigenvalue weighted by Gasteiger charge is 2.61. The molecule has 2 nitrogen and oxygen atoms in total. The van der Waals surface area contributed by atoms with Gasteiger partial charge in [0.2, 0.25) is 0 Å². The van der Waals surface area contributed by atoms with Gasteiger partial charge < -0.3 is 10.2 Å². The molecular formula is C19H32O2. The minimum atomic E-state index is -0.0530. The first-order valence-corrected chi connectivity index (χ1v) is 9.28. The van der Waals surface area contributed by atoms with Crippen molar-refractivity contribution in [3.05, 3.63) is 0 Å². The molecule has 0 unspecified atom stereocenters. The molecule has 4 aliphatic carbocycles. The van der Waals surface area contributed by atoms with Crippen molar-refractivity contribution in [3.63, 3.8) is 0 Å². The van der Waals surface area contributed by atoms with Crippen LogP contribution in [0.5, 0.6) is 0 Å². The molecule has 0 bridgehead atoms. The highest BCUT2D eigenvalue weighted by molar-refractivity contribution is 5.10. The summed E-state index contributed by atoms with van der Waals surface area (Å²) >= 11 is 0. The SMILES string of the molecule is C[C@]12C[C@H](CO)C[C@@H]1CC[C@@H]1[C@@H]2CC[C@]2(C)[C@@H](O)CC[C@@H]12. The van der Waals surface area contributed by atoms with E-state index < -0.39 is 0 Å². The summed E-state index contributed by atoms with van der Waals surface area (Å²) in [6, 6.07) is 0. The van der Waals surface area contributed by atoms with Crippen molar-refractivity contribution in [1.82, 2.24) is 0 Å². The lowest BCUT2D eigenvalue weighted by Gasteiger charge is -2.57. The summed E-state index contributed by atoms with van der Waals surface area (Å²) in [6.45, 7) is 5.30. The van der Waals surface area contributed by atoms with Crippen LogP contribution in [0.2, 0.25) is 0 Å². The van der Waals surface area contributed by atoms with E-state index in [2.05, 4.69) is 13.8 Å². The maximum atomic E-state index is 10.5. The number of fused-ring (bicyclic) bond motifs is 5. The van der Waals surface area contributed by atoms with Crippen LogP contribution in [-0.2, 0) is 0 Å². The molecule has 0 aromatic heterocycles. The summed E-state index contributed by atoms with van der Waals surface area (Å²) in [5, 5.41) is 20.1. The normalized spacial score (nSPS) is 59.4. The molecule has 4 aliphatic rings. The Morgan fingerprint density at radius 2 is 1.71 bits per heavy atom. The molecule has 21 heavy (non-hydrogen) atoms. The van der Waals surface area contributed by atoms with E-state index >= 15 is 0 Å². The van der Waals surface area contributed by atoms with Crippen molar-refractivity contribution in [3.8, 4) is 0 Å². The third-order valence-corrected chi connectivity index (χ3v) is 8.62. The van der Waals surface area contributed by atoms with E-state index in [-0.39, 0.29) is 11.5 Å². The summed E-state index contributed by atoms with van der Waals surface area (Å²) in [4.78, 5) is 0. The van der Waals surface area contributed by atoms with Gasteiger partial charge >= 0.3 is 0 Å². The Morgan fingerprint density at radius 3 is 2.48 bits per heavy atom. The minimum Gasteiger partial charge on any atom is -0.396 e. The molecule has 0 radical (unpaired) electrons. The second kappa shape index (κ2) is 4.71. The molecular weight excluding hydrogens is 260 g/mol. The number of rotatable bonds is 1. The minimum absolute atomic E-state index is 0.0530. The molecule has 0 aromatic carbocycles. The Balaban J connectivity index is 1.62. The van der Waals surface area contributed by atoms with E-state index in [1.807, 2.05) is 0 Å². The van der Waals surface area contributed by atoms with E-state index in [1.54, 1.807) is 0 Å². The lowest BCUT2D eigenvalue weighted by atomic mass is 9.48. The van der Waals surface area contributed by atoms with Gasteiger partial charge in [-0.2, -0.15) is 0 Å². The summed E-state index contributed by atoms with van der Waals surface area (Å²) in [6.07, 6.45) is 10.1. The molecule has 2 heteroatoms. The summed E-state index contributed by atoms with van der Waals surface area (Å²) in [7, 11) is 0. The quantitative estimate of drug-likeness (QED) is 0.775. The molecule has 4 rings (SSSR count). The number of hydrogen-bond acceptors (Lipinski definition) is 2. The second-order valence-electron chi connectivity index (χ2n) is 9.28. The van der Waals surface area contributed by atoms with Gasteiger partial charge in [0.05, 0.1) is 6.10 Å². The van der Waals surface area contributed by atoms with E-state index in [0.717, 1.165) is 30.1 Å². The molecule has 4 fully saturated rings. The zero-order chi connectivity index (χ0) is 14.8. The van der Waals surface area contributed by atoms with Gasteiger partial charge in [0, 0.05) is 6.61 Å². The predicted octanol–water partition coefficient (Wildman–Crippen LogP) is 3.61. The molecule has 120 valence electrons. The molecule has 4 saturated carbocycles. The van der Waals surface area contributed by atoms with E-state index in [1.165, 1.54) is 44.9 Å². The fourth-order valence-corrected chi connectivity index (χ4v) is 7.46. The van der Waals surface area contributed by atoms with Crippen molar-refractivity contribution in [2.75, 3.05) is 6.61 Å². The van der Waals surface area contributed by atoms with Crippen molar-refractivity contribution >= 4 is 0 Å². The fourth-order valence-electron chi connectivity index (χ4n) is 7.46. The molecule has 8 atom stereocenters. The van der Waals surface area contributed by atoms with E-state index in [9.17, 15) is 10.2 Å². The maximum absolute atomic E-state index is 10.5. The summed E-state index contributed by atoms with van der Waals surface area (Å²) in [5.74, 6) is 3.88. The number of hydrogen-bond donors (Lipinski definition) is 2. The summed E-state index contributed by atoms with van der Waals surface area (Å²) < 4.78 is 0. The van der Waals surface area contributed by atoms with Crippen LogP contribution in [0.15, 0.2) is 0 Å². The molecule has 2 N–H and O–H groups in total. The number of aliphatic hydroxyl groups is 2. The third kappa shape index (κ3) is 1.84. The standard InChI is InChI=1S/C19H32O2/c1-18-8-7-16-14(15(18)5-6-17(18)21)4-3-13-9-12(11-20)10-19(13,16)2/h12-17,20-21H,3-11H2,1-2H3/t12-,13+,14+,15+,16+,17+,18+,19+/m1/s1. The molecule has 0 aliphatic heterocycles. The highest BCUT2D eigenvalue weighted by atomic mass is 16.3. The monoisotopic (exact) mass is 292 g/mol. The Labute approximate surface area is 129 Å². The van der Waals surface area contributed by atoms with Gasteiger partial charge in [-0.15, -0.1) is 0 Å². The smallest absolute Gasteiger partial charge is 0.0596 e. The average Bonchev–Trinajstić information content (AvgIpc) is 2.96. The first-order chi connectivity index (χ1) is 9.99. The second-order valence-corrected chi connectivity index (χ2v) is 9.28. The van der Waals surface area contributed by atoms with Crippen LogP contribution in [0.4, 0.5) is 0 Å². The van der Waals surface area contributed by atoms with Crippen LogP contribution in [-0.4, -0.2) is 22.9 Å². The molecule has 0 aromatic rings. The molecule has 0 saturated heterocycles. The number of aliphatic hydroxyl groups excluding tert-OH is 2. The van der Waals surface area contributed by atoms with Gasteiger partial charge in [0.25, 0.3) is 0 Å². The van der Waals surface area contributed by atoms with E-state index in [0.29, 0.717) is 17.9 Å². The first kappa shape index (κ1) is 14.5. The maximum Gasteiger partial charge on any atom is 0.0596 e. The molecule has 0 amide bonds. The Morgan fingerprint density at radius 1 is 0.952 bits per heavy atom. The largest absolute Gasteiger partial charge is 0.396 e. The topological polar surface area (TPSA) is 40.5 Å². The zero-order valence-electron chi connectivity index (χ0n) is 13.7. The fraction of sp³-hybridized carbons (Fsp3) is 1.00. The average molecular weight is 292 g/mol. The highest BCUT2D eigenvalue weighted by Crippen LogP contribution is 2.67. The van der Waals surface area contributed by atoms with Gasteiger partial charge in [-0.25, -0.2) is 0 Å². The Hall–Kier alpha value is -0.0800. The van der Waals surface area contributed by atoms with Gasteiger partial charge in [-0.05, 0) is 91.8 Å². The lowest BCUT2D eigenvalue weighted by Crippen LogP contribution is -2.51. The van der Waals surface area contributed by atoms with Crippen molar-refractivity contribution in [2.24, 2.45) is 40.4 Å². The van der Waals surface area contributed by atoms with Crippen LogP contribution in [0.25, 0.3) is 0 Å². The van der Waals surface area contributed by atoms with Crippen LogP contribution in [0.1, 0.15) is 65.2 Å². The van der Waals surface area contributed by atoms with Crippen molar-refractivity contribution in [1.29, 1.82) is 0 Å². The summed E-state index contributed by atoms with van der Waals surface area (Å²) in [5.41, 5.74) is 0.685. The zero-order valence-corrected chi connectivity index (χ0v) is 13.7. The van der Waals surface area contributed by atoms with Gasteiger partial charge in [0.15, 0.2) is 0 Å². The Kier molecular flexibility index (Phi) is 3.25. The van der Waals surface area contributed by atoms with Gasteiger partial charge in [0.1, 0.15) is 0 Å². The van der Waals surface area contributed by atoms with Crippen molar-refractivity contribution in [2.45, 2.75) is 71.3 Å². The van der Waals surface area contributed by atoms with Crippen LogP contribution < -0.4 is 0 Å². The van der Waals surface area contributed by atoms with Gasteiger partial charge in [-0.1, -0.05) is 13.8 Å².